The van der Waals surface area contributed by atoms with Gasteiger partial charge in [0.1, 0.15) is 5.75 Å². The summed E-state index contributed by atoms with van der Waals surface area (Å²) in [5.41, 5.74) is 1.09. The normalized spacial score (nSPS) is 18.6. The maximum atomic E-state index is 12.8. The van der Waals surface area contributed by atoms with Crippen LogP contribution in [-0.2, 0) is 11.2 Å². The molecule has 1 aromatic heterocycles. The SMILES string of the molecule is C=CCN1C(=O)[C@@H](Cc2ccc(OCC)cc2)S/C1=N/N=C\c1cccs1. The first kappa shape index (κ1) is 19.4. The largest absolute Gasteiger partial charge is 0.494 e. The van der Waals surface area contributed by atoms with Gasteiger partial charge >= 0.3 is 0 Å². The minimum absolute atomic E-state index is 0.0406. The molecule has 7 heteroatoms. The Morgan fingerprint density at radius 2 is 2.11 bits per heavy atom. The van der Waals surface area contributed by atoms with E-state index in [0.29, 0.717) is 24.7 Å². The molecule has 140 valence electrons. The van der Waals surface area contributed by atoms with Crippen molar-refractivity contribution in [3.05, 3.63) is 64.9 Å². The van der Waals surface area contributed by atoms with Crippen LogP contribution < -0.4 is 4.74 Å². The fourth-order valence-corrected chi connectivity index (χ4v) is 4.34. The van der Waals surface area contributed by atoms with Crippen molar-refractivity contribution in [2.24, 2.45) is 10.2 Å². The zero-order valence-electron chi connectivity index (χ0n) is 15.1. The Bertz CT molecular complexity index is 829. The summed E-state index contributed by atoms with van der Waals surface area (Å²) in [6.45, 7) is 6.76. The van der Waals surface area contributed by atoms with Gasteiger partial charge in [0.05, 0.1) is 18.1 Å². The Hall–Kier alpha value is -2.38. The highest BCUT2D eigenvalue weighted by molar-refractivity contribution is 8.15. The lowest BCUT2D eigenvalue weighted by atomic mass is 10.1. The molecule has 1 atom stereocenters. The van der Waals surface area contributed by atoms with Crippen LogP contribution in [0.25, 0.3) is 0 Å². The Balaban J connectivity index is 1.71. The van der Waals surface area contributed by atoms with E-state index in [4.69, 9.17) is 4.74 Å². The van der Waals surface area contributed by atoms with Gasteiger partial charge < -0.3 is 4.74 Å². The van der Waals surface area contributed by atoms with Gasteiger partial charge in [0.25, 0.3) is 0 Å². The number of thioether (sulfide) groups is 1. The van der Waals surface area contributed by atoms with E-state index in [-0.39, 0.29) is 11.2 Å². The van der Waals surface area contributed by atoms with Crippen LogP contribution in [0.4, 0.5) is 0 Å². The molecule has 1 aromatic carbocycles. The van der Waals surface area contributed by atoms with Crippen LogP contribution in [0.3, 0.4) is 0 Å². The zero-order chi connectivity index (χ0) is 19.1. The predicted molar refractivity (Wildman–Crippen MR) is 114 cm³/mol. The van der Waals surface area contributed by atoms with Crippen molar-refractivity contribution in [1.82, 2.24) is 4.90 Å². The lowest BCUT2D eigenvalue weighted by Gasteiger charge is -2.13. The number of nitrogens with zero attached hydrogens (tertiary/aromatic N) is 3. The van der Waals surface area contributed by atoms with Gasteiger partial charge in [-0.25, -0.2) is 0 Å². The summed E-state index contributed by atoms with van der Waals surface area (Å²) in [5.74, 6) is 0.879. The van der Waals surface area contributed by atoms with E-state index in [1.165, 1.54) is 11.8 Å². The van der Waals surface area contributed by atoms with Crippen LogP contribution in [0, 0.1) is 0 Å². The number of thiophene rings is 1. The Labute approximate surface area is 167 Å². The molecule has 0 N–H and O–H groups in total. The van der Waals surface area contributed by atoms with E-state index in [9.17, 15) is 4.79 Å². The smallest absolute Gasteiger partial charge is 0.242 e. The maximum Gasteiger partial charge on any atom is 0.242 e. The van der Waals surface area contributed by atoms with Crippen molar-refractivity contribution in [3.8, 4) is 5.75 Å². The molecule has 5 nitrogen and oxygen atoms in total. The quantitative estimate of drug-likeness (QED) is 0.380. The number of hydrogen-bond acceptors (Lipinski definition) is 6. The van der Waals surface area contributed by atoms with E-state index >= 15 is 0 Å². The summed E-state index contributed by atoms with van der Waals surface area (Å²) in [5, 5.41) is 10.8. The average Bonchev–Trinajstić information content (AvgIpc) is 3.28. The zero-order valence-corrected chi connectivity index (χ0v) is 16.7. The summed E-state index contributed by atoms with van der Waals surface area (Å²) in [4.78, 5) is 15.4. The molecular weight excluding hydrogens is 378 g/mol. The van der Waals surface area contributed by atoms with Gasteiger partial charge in [-0.05, 0) is 42.5 Å². The van der Waals surface area contributed by atoms with Gasteiger partial charge in [0, 0.05) is 11.4 Å². The summed E-state index contributed by atoms with van der Waals surface area (Å²) in [7, 11) is 0. The molecule has 1 amide bonds. The minimum atomic E-state index is -0.210. The molecule has 0 aliphatic carbocycles. The predicted octanol–water partition coefficient (Wildman–Crippen LogP) is 4.21. The van der Waals surface area contributed by atoms with Gasteiger partial charge in [-0.15, -0.1) is 23.0 Å². The number of ether oxygens (including phenoxy) is 1. The first-order valence-corrected chi connectivity index (χ1v) is 10.4. The van der Waals surface area contributed by atoms with E-state index in [0.717, 1.165) is 16.2 Å². The molecule has 2 heterocycles. The first-order valence-electron chi connectivity index (χ1n) is 8.66. The van der Waals surface area contributed by atoms with Crippen molar-refractivity contribution in [3.63, 3.8) is 0 Å². The number of carbonyl (C=O) groups is 1. The number of carbonyl (C=O) groups excluding carboxylic acids is 1. The standard InChI is InChI=1S/C20H21N3O2S2/c1-3-11-23-19(24)18(13-15-7-9-16(10-8-15)25-4-2)27-20(23)22-21-14-17-6-5-12-26-17/h3,5-10,12,14,18H,1,4,11,13H2,2H3/b21-14-,22-20+/t18-/m1/s1. The van der Waals surface area contributed by atoms with E-state index in [1.807, 2.05) is 48.7 Å². The van der Waals surface area contributed by atoms with Gasteiger partial charge in [0.2, 0.25) is 5.91 Å². The Morgan fingerprint density at radius 3 is 2.78 bits per heavy atom. The number of rotatable bonds is 8. The molecule has 0 bridgehead atoms. The molecule has 27 heavy (non-hydrogen) atoms. The minimum Gasteiger partial charge on any atom is -0.494 e. The topological polar surface area (TPSA) is 54.3 Å². The van der Waals surface area contributed by atoms with Crippen molar-refractivity contribution >= 4 is 40.4 Å². The molecule has 1 aliphatic rings. The lowest BCUT2D eigenvalue weighted by Crippen LogP contribution is -2.32. The van der Waals surface area contributed by atoms with Crippen molar-refractivity contribution in [1.29, 1.82) is 0 Å². The second-order valence-corrected chi connectivity index (χ2v) is 7.92. The highest BCUT2D eigenvalue weighted by Gasteiger charge is 2.37. The fourth-order valence-electron chi connectivity index (χ4n) is 2.62. The van der Waals surface area contributed by atoms with Crippen LogP contribution in [0.15, 0.2) is 64.6 Å². The van der Waals surface area contributed by atoms with Gasteiger partial charge in [-0.3, -0.25) is 9.69 Å². The number of hydrogen-bond donors (Lipinski definition) is 0. The molecule has 0 unspecified atom stereocenters. The molecule has 0 saturated carbocycles. The Kier molecular flexibility index (Phi) is 6.84. The van der Waals surface area contributed by atoms with Crippen LogP contribution in [0.2, 0.25) is 0 Å². The van der Waals surface area contributed by atoms with E-state index in [2.05, 4.69) is 16.8 Å². The van der Waals surface area contributed by atoms with Gasteiger partial charge in [-0.2, -0.15) is 5.10 Å². The van der Waals surface area contributed by atoms with Crippen LogP contribution >= 0.6 is 23.1 Å². The van der Waals surface area contributed by atoms with E-state index < -0.39 is 0 Å². The van der Waals surface area contributed by atoms with Crippen LogP contribution in [0.5, 0.6) is 5.75 Å². The van der Waals surface area contributed by atoms with E-state index in [1.54, 1.807) is 28.5 Å². The molecule has 3 rings (SSSR count). The molecule has 0 spiro atoms. The van der Waals surface area contributed by atoms with Gasteiger partial charge in [-0.1, -0.05) is 36.0 Å². The second-order valence-electron chi connectivity index (χ2n) is 5.77. The lowest BCUT2D eigenvalue weighted by molar-refractivity contribution is -0.125. The third-order valence-corrected chi connectivity index (χ3v) is 5.83. The number of benzene rings is 1. The van der Waals surface area contributed by atoms with Crippen LogP contribution in [0.1, 0.15) is 17.4 Å². The van der Waals surface area contributed by atoms with Crippen molar-refractivity contribution in [2.45, 2.75) is 18.6 Å². The maximum absolute atomic E-state index is 12.8. The number of amides is 1. The molecule has 2 aromatic rings. The van der Waals surface area contributed by atoms with Crippen LogP contribution in [-0.4, -0.2) is 40.6 Å². The first-order chi connectivity index (χ1) is 13.2. The van der Waals surface area contributed by atoms with Gasteiger partial charge in [0.15, 0.2) is 5.17 Å². The average molecular weight is 400 g/mol. The fraction of sp³-hybridized carbons (Fsp3) is 0.250. The molecule has 1 aliphatic heterocycles. The van der Waals surface area contributed by atoms with Crippen molar-refractivity contribution < 1.29 is 9.53 Å². The Morgan fingerprint density at radius 1 is 1.30 bits per heavy atom. The number of amidine groups is 1. The summed E-state index contributed by atoms with van der Waals surface area (Å²) < 4.78 is 5.47. The third-order valence-electron chi connectivity index (χ3n) is 3.86. The third kappa shape index (κ3) is 5.08. The van der Waals surface area contributed by atoms with Crippen molar-refractivity contribution in [2.75, 3.05) is 13.2 Å². The molecule has 1 fully saturated rings. The molecular formula is C20H21N3O2S2. The molecule has 1 saturated heterocycles. The summed E-state index contributed by atoms with van der Waals surface area (Å²) >= 11 is 3.04. The monoisotopic (exact) mass is 399 g/mol. The second kappa shape index (κ2) is 9.53. The summed E-state index contributed by atoms with van der Waals surface area (Å²) in [6.07, 6.45) is 4.04. The molecule has 0 radical (unpaired) electrons. The summed E-state index contributed by atoms with van der Waals surface area (Å²) in [6, 6.07) is 11.8. The highest BCUT2D eigenvalue weighted by atomic mass is 32.2. The highest BCUT2D eigenvalue weighted by Crippen LogP contribution is 2.30.